The zero-order valence-electron chi connectivity index (χ0n) is 14.2. The number of thiophene rings is 1. The minimum Gasteiger partial charge on any atom is -0.365 e. The molecule has 25 heavy (non-hydrogen) atoms. The summed E-state index contributed by atoms with van der Waals surface area (Å²) in [5.41, 5.74) is 7.92. The number of carbonyl (C=O) groups is 2. The van der Waals surface area contributed by atoms with Crippen molar-refractivity contribution < 1.29 is 9.59 Å². The molecule has 1 atom stereocenters. The predicted molar refractivity (Wildman–Crippen MR) is 100 cm³/mol. The summed E-state index contributed by atoms with van der Waals surface area (Å²) in [5, 5.41) is 3.98. The van der Waals surface area contributed by atoms with Gasteiger partial charge in [-0.3, -0.25) is 9.59 Å². The van der Waals surface area contributed by atoms with Crippen molar-refractivity contribution >= 4 is 39.9 Å². The quantitative estimate of drug-likeness (QED) is 0.618. The standard InChI is InChI=1S/C17H20N4O2S2/c1-9-3-4-11-12(7-9)25-16(14(11)15(18)23)21-13(22)8-24-17-19-6-5-10(2)20-17/h5-6,9H,3-4,7-8H2,1-2H3,(H2,18,23)(H,21,22)/t9-/m0/s1. The van der Waals surface area contributed by atoms with Gasteiger partial charge in [-0.25, -0.2) is 9.97 Å². The fraction of sp³-hybridized carbons (Fsp3) is 0.412. The second-order valence-corrected chi connectivity index (χ2v) is 8.29. The average molecular weight is 377 g/mol. The highest BCUT2D eigenvalue weighted by Crippen LogP contribution is 2.39. The van der Waals surface area contributed by atoms with E-state index in [1.807, 2.05) is 6.92 Å². The number of hydrogen-bond donors (Lipinski definition) is 2. The molecule has 0 spiro atoms. The van der Waals surface area contributed by atoms with Crippen molar-refractivity contribution in [1.29, 1.82) is 0 Å². The third kappa shape index (κ3) is 4.19. The van der Waals surface area contributed by atoms with Gasteiger partial charge < -0.3 is 11.1 Å². The van der Waals surface area contributed by atoms with E-state index in [2.05, 4.69) is 22.2 Å². The molecule has 1 aliphatic carbocycles. The Morgan fingerprint density at radius 2 is 2.28 bits per heavy atom. The van der Waals surface area contributed by atoms with Crippen molar-refractivity contribution in [3.8, 4) is 0 Å². The summed E-state index contributed by atoms with van der Waals surface area (Å²) in [7, 11) is 0. The first-order chi connectivity index (χ1) is 11.9. The monoisotopic (exact) mass is 376 g/mol. The van der Waals surface area contributed by atoms with Gasteiger partial charge in [-0.15, -0.1) is 11.3 Å². The van der Waals surface area contributed by atoms with Gasteiger partial charge in [0, 0.05) is 16.8 Å². The summed E-state index contributed by atoms with van der Waals surface area (Å²) in [4.78, 5) is 33.7. The average Bonchev–Trinajstić information content (AvgIpc) is 2.90. The van der Waals surface area contributed by atoms with Gasteiger partial charge in [0.05, 0.1) is 11.3 Å². The minimum atomic E-state index is -0.475. The lowest BCUT2D eigenvalue weighted by molar-refractivity contribution is -0.113. The van der Waals surface area contributed by atoms with E-state index < -0.39 is 5.91 Å². The van der Waals surface area contributed by atoms with Crippen LogP contribution in [0.1, 0.15) is 39.8 Å². The molecule has 3 N–H and O–H groups in total. The molecule has 8 heteroatoms. The van der Waals surface area contributed by atoms with Crippen molar-refractivity contribution in [2.24, 2.45) is 11.7 Å². The van der Waals surface area contributed by atoms with Gasteiger partial charge in [-0.1, -0.05) is 18.7 Å². The van der Waals surface area contributed by atoms with Crippen molar-refractivity contribution in [2.75, 3.05) is 11.1 Å². The molecular weight excluding hydrogens is 356 g/mol. The van der Waals surface area contributed by atoms with Gasteiger partial charge in [0.2, 0.25) is 5.91 Å². The van der Waals surface area contributed by atoms with Gasteiger partial charge >= 0.3 is 0 Å². The lowest BCUT2D eigenvalue weighted by atomic mass is 9.88. The maximum Gasteiger partial charge on any atom is 0.251 e. The zero-order valence-corrected chi connectivity index (χ0v) is 15.8. The Morgan fingerprint density at radius 3 is 3.00 bits per heavy atom. The number of nitrogens with zero attached hydrogens (tertiary/aromatic N) is 2. The summed E-state index contributed by atoms with van der Waals surface area (Å²) < 4.78 is 0. The van der Waals surface area contributed by atoms with Crippen LogP contribution in [-0.4, -0.2) is 27.5 Å². The molecule has 6 nitrogen and oxygen atoms in total. The molecule has 0 unspecified atom stereocenters. The first kappa shape index (κ1) is 17.9. The third-order valence-corrected chi connectivity index (χ3v) is 6.15. The van der Waals surface area contributed by atoms with E-state index >= 15 is 0 Å². The number of carbonyl (C=O) groups excluding carboxylic acids is 2. The molecule has 0 fully saturated rings. The minimum absolute atomic E-state index is 0.181. The molecule has 2 aromatic heterocycles. The summed E-state index contributed by atoms with van der Waals surface area (Å²) in [6.07, 6.45) is 4.48. The van der Waals surface area contributed by atoms with Gasteiger partial charge in [0.15, 0.2) is 5.16 Å². The highest BCUT2D eigenvalue weighted by molar-refractivity contribution is 7.99. The summed E-state index contributed by atoms with van der Waals surface area (Å²) >= 11 is 2.74. The normalized spacial score (nSPS) is 16.3. The number of nitrogens with one attached hydrogen (secondary N) is 1. The molecule has 2 aromatic rings. The lowest BCUT2D eigenvalue weighted by Gasteiger charge is -2.18. The highest BCUT2D eigenvalue weighted by Gasteiger charge is 2.27. The maximum absolute atomic E-state index is 12.3. The van der Waals surface area contributed by atoms with Crippen molar-refractivity contribution in [1.82, 2.24) is 9.97 Å². The Bertz CT molecular complexity index is 819. The van der Waals surface area contributed by atoms with Crippen LogP contribution in [0, 0.1) is 12.8 Å². The van der Waals surface area contributed by atoms with Crippen LogP contribution in [0.4, 0.5) is 5.00 Å². The Kier molecular flexibility index (Phi) is 5.39. The third-order valence-electron chi connectivity index (χ3n) is 4.12. The predicted octanol–water partition coefficient (Wildman–Crippen LogP) is 2.80. The molecule has 0 aromatic carbocycles. The van der Waals surface area contributed by atoms with Crippen LogP contribution in [0.25, 0.3) is 0 Å². The zero-order chi connectivity index (χ0) is 18.0. The molecule has 0 bridgehead atoms. The fourth-order valence-corrected chi connectivity index (χ4v) is 5.00. The Morgan fingerprint density at radius 1 is 1.48 bits per heavy atom. The van der Waals surface area contributed by atoms with E-state index in [0.717, 1.165) is 35.4 Å². The van der Waals surface area contributed by atoms with Crippen LogP contribution in [0.15, 0.2) is 17.4 Å². The number of aryl methyl sites for hydroxylation is 1. The molecule has 0 saturated carbocycles. The number of anilines is 1. The Balaban J connectivity index is 1.71. The largest absolute Gasteiger partial charge is 0.365 e. The molecule has 132 valence electrons. The molecule has 0 radical (unpaired) electrons. The molecule has 1 aliphatic rings. The molecule has 3 rings (SSSR count). The molecule has 0 aliphatic heterocycles. The van der Waals surface area contributed by atoms with Crippen molar-refractivity contribution in [3.63, 3.8) is 0 Å². The second-order valence-electron chi connectivity index (χ2n) is 6.24. The van der Waals surface area contributed by atoms with Crippen LogP contribution in [-0.2, 0) is 17.6 Å². The Hall–Kier alpha value is -1.93. The topological polar surface area (TPSA) is 98.0 Å². The van der Waals surface area contributed by atoms with E-state index in [4.69, 9.17) is 5.73 Å². The number of amides is 2. The van der Waals surface area contributed by atoms with Crippen LogP contribution < -0.4 is 11.1 Å². The van der Waals surface area contributed by atoms with E-state index in [0.29, 0.717) is 21.6 Å². The number of rotatable bonds is 5. The molecular formula is C17H20N4O2S2. The summed E-state index contributed by atoms with van der Waals surface area (Å²) in [6.45, 7) is 4.07. The molecule has 0 saturated heterocycles. The maximum atomic E-state index is 12.3. The number of nitrogens with two attached hydrogens (primary N) is 1. The van der Waals surface area contributed by atoms with Crippen LogP contribution >= 0.6 is 23.1 Å². The fourth-order valence-electron chi connectivity index (χ4n) is 2.89. The van der Waals surface area contributed by atoms with Crippen LogP contribution in [0.5, 0.6) is 0 Å². The number of primary amides is 1. The number of aromatic nitrogens is 2. The second kappa shape index (κ2) is 7.53. The van der Waals surface area contributed by atoms with E-state index in [1.165, 1.54) is 23.1 Å². The van der Waals surface area contributed by atoms with Crippen molar-refractivity contribution in [2.45, 2.75) is 38.3 Å². The van der Waals surface area contributed by atoms with Gasteiger partial charge in [-0.05, 0) is 43.7 Å². The SMILES string of the molecule is Cc1ccnc(SCC(=O)Nc2sc3c(c2C(N)=O)CC[C@H](C)C3)n1. The van der Waals surface area contributed by atoms with Gasteiger partial charge in [-0.2, -0.15) is 0 Å². The first-order valence-corrected chi connectivity index (χ1v) is 9.91. The number of fused-ring (bicyclic) bond motifs is 1. The van der Waals surface area contributed by atoms with Crippen LogP contribution in [0.2, 0.25) is 0 Å². The summed E-state index contributed by atoms with van der Waals surface area (Å²) in [5.74, 6) is 0.103. The van der Waals surface area contributed by atoms with Crippen LogP contribution in [0.3, 0.4) is 0 Å². The highest BCUT2D eigenvalue weighted by atomic mass is 32.2. The molecule has 2 amide bonds. The molecule has 2 heterocycles. The summed E-state index contributed by atoms with van der Waals surface area (Å²) in [6, 6.07) is 1.81. The van der Waals surface area contributed by atoms with E-state index in [-0.39, 0.29) is 11.7 Å². The number of thioether (sulfide) groups is 1. The van der Waals surface area contributed by atoms with E-state index in [1.54, 1.807) is 12.3 Å². The van der Waals surface area contributed by atoms with Crippen molar-refractivity contribution in [3.05, 3.63) is 34.0 Å². The number of hydrogen-bond acceptors (Lipinski definition) is 6. The smallest absolute Gasteiger partial charge is 0.251 e. The first-order valence-electron chi connectivity index (χ1n) is 8.10. The van der Waals surface area contributed by atoms with E-state index in [9.17, 15) is 9.59 Å². The Labute approximate surface area is 154 Å². The van der Waals surface area contributed by atoms with Gasteiger partial charge in [0.1, 0.15) is 5.00 Å². The lowest BCUT2D eigenvalue weighted by Crippen LogP contribution is -2.20. The van der Waals surface area contributed by atoms with Gasteiger partial charge in [0.25, 0.3) is 5.91 Å².